The zero-order valence-electron chi connectivity index (χ0n) is 14.0. The predicted molar refractivity (Wildman–Crippen MR) is 104 cm³/mol. The van der Waals surface area contributed by atoms with Crippen LogP contribution in [0.1, 0.15) is 5.56 Å². The van der Waals surface area contributed by atoms with Gasteiger partial charge in [-0.3, -0.25) is 4.79 Å². The van der Waals surface area contributed by atoms with Crippen molar-refractivity contribution in [3.8, 4) is 29.9 Å². The van der Waals surface area contributed by atoms with Crippen LogP contribution in [0.3, 0.4) is 0 Å². The molecular weight excluding hydrogens is 396 g/mol. The largest absolute Gasteiger partial charge is 0.493 e. The van der Waals surface area contributed by atoms with Crippen molar-refractivity contribution in [2.75, 3.05) is 19.0 Å². The maximum atomic E-state index is 12.4. The second-order valence-electron chi connectivity index (χ2n) is 5.01. The third-order valence-corrected chi connectivity index (χ3v) is 3.72. The first kappa shape index (κ1) is 19.1. The van der Waals surface area contributed by atoms with Crippen molar-refractivity contribution in [3.05, 3.63) is 58.1 Å². The van der Waals surface area contributed by atoms with Gasteiger partial charge >= 0.3 is 0 Å². The summed E-state index contributed by atoms with van der Waals surface area (Å²) in [4.78, 5) is 12.4. The van der Waals surface area contributed by atoms with E-state index in [0.29, 0.717) is 27.2 Å². The number of para-hydroxylation sites is 1. The number of hydrogen-bond donors (Lipinski definition) is 1. The smallest absolute Gasteiger partial charge is 0.266 e. The molecule has 0 bridgehead atoms. The molecule has 2 aromatic rings. The SMILES string of the molecule is C#CCOc1c(/C=C(\C#N)C(=O)Nc2ccccc2)cc(Br)cc1OC. The van der Waals surface area contributed by atoms with E-state index >= 15 is 0 Å². The van der Waals surface area contributed by atoms with Crippen LogP contribution in [0.2, 0.25) is 0 Å². The van der Waals surface area contributed by atoms with Crippen molar-refractivity contribution >= 4 is 33.6 Å². The number of nitrogens with zero attached hydrogens (tertiary/aromatic N) is 1. The first-order chi connectivity index (χ1) is 12.6. The first-order valence-corrected chi connectivity index (χ1v) is 8.30. The summed E-state index contributed by atoms with van der Waals surface area (Å²) in [7, 11) is 1.49. The quantitative estimate of drug-likeness (QED) is 0.443. The Morgan fingerprint density at radius 1 is 1.35 bits per heavy atom. The normalized spacial score (nSPS) is 10.4. The topological polar surface area (TPSA) is 71.3 Å². The van der Waals surface area contributed by atoms with Crippen LogP contribution < -0.4 is 14.8 Å². The van der Waals surface area contributed by atoms with E-state index in [2.05, 4.69) is 27.2 Å². The predicted octanol–water partition coefficient (Wildman–Crippen LogP) is 4.02. The lowest BCUT2D eigenvalue weighted by molar-refractivity contribution is -0.112. The number of benzene rings is 2. The van der Waals surface area contributed by atoms with Crippen molar-refractivity contribution in [3.63, 3.8) is 0 Å². The number of terminal acetylenes is 1. The zero-order chi connectivity index (χ0) is 18.9. The van der Waals surface area contributed by atoms with Gasteiger partial charge in [-0.05, 0) is 30.3 Å². The van der Waals surface area contributed by atoms with Crippen LogP contribution in [0.15, 0.2) is 52.5 Å². The molecule has 6 heteroatoms. The van der Waals surface area contributed by atoms with Gasteiger partial charge in [0, 0.05) is 15.7 Å². The minimum atomic E-state index is -0.527. The standard InChI is InChI=1S/C20H15BrN2O3/c1-3-9-26-19-14(11-16(21)12-18(19)25-2)10-15(13-22)20(24)23-17-7-5-4-6-8-17/h1,4-8,10-12H,9H2,2H3,(H,23,24)/b15-10+. The summed E-state index contributed by atoms with van der Waals surface area (Å²) >= 11 is 3.37. The highest BCUT2D eigenvalue weighted by atomic mass is 79.9. The minimum Gasteiger partial charge on any atom is -0.493 e. The van der Waals surface area contributed by atoms with Gasteiger partial charge in [-0.15, -0.1) is 6.42 Å². The number of hydrogen-bond acceptors (Lipinski definition) is 4. The third-order valence-electron chi connectivity index (χ3n) is 3.26. The van der Waals surface area contributed by atoms with Gasteiger partial charge in [0.15, 0.2) is 11.5 Å². The van der Waals surface area contributed by atoms with Gasteiger partial charge in [-0.1, -0.05) is 40.0 Å². The van der Waals surface area contributed by atoms with Crippen molar-refractivity contribution in [1.29, 1.82) is 5.26 Å². The molecule has 0 fully saturated rings. The average molecular weight is 411 g/mol. The molecule has 2 rings (SSSR count). The van der Waals surface area contributed by atoms with Crippen LogP contribution in [0.5, 0.6) is 11.5 Å². The van der Waals surface area contributed by atoms with Crippen LogP contribution in [0.25, 0.3) is 6.08 Å². The number of ether oxygens (including phenoxy) is 2. The zero-order valence-corrected chi connectivity index (χ0v) is 15.5. The van der Waals surface area contributed by atoms with Crippen LogP contribution >= 0.6 is 15.9 Å². The maximum Gasteiger partial charge on any atom is 0.266 e. The number of nitrogens with one attached hydrogen (secondary N) is 1. The summed E-state index contributed by atoms with van der Waals surface area (Å²) in [5.41, 5.74) is 1.00. The van der Waals surface area contributed by atoms with E-state index in [4.69, 9.17) is 15.9 Å². The van der Waals surface area contributed by atoms with E-state index in [1.165, 1.54) is 13.2 Å². The number of rotatable bonds is 6. The highest BCUT2D eigenvalue weighted by molar-refractivity contribution is 9.10. The molecule has 5 nitrogen and oxygen atoms in total. The fourth-order valence-corrected chi connectivity index (χ4v) is 2.59. The number of halogens is 1. The molecule has 1 N–H and O–H groups in total. The van der Waals surface area contributed by atoms with Crippen molar-refractivity contribution in [1.82, 2.24) is 0 Å². The fourth-order valence-electron chi connectivity index (χ4n) is 2.14. The van der Waals surface area contributed by atoms with Gasteiger partial charge in [0.25, 0.3) is 5.91 Å². The van der Waals surface area contributed by atoms with Gasteiger partial charge in [-0.2, -0.15) is 5.26 Å². The van der Waals surface area contributed by atoms with E-state index in [1.807, 2.05) is 12.1 Å². The molecule has 0 unspecified atom stereocenters. The van der Waals surface area contributed by atoms with Crippen LogP contribution in [0.4, 0.5) is 5.69 Å². The third kappa shape index (κ3) is 4.89. The Morgan fingerprint density at radius 3 is 2.69 bits per heavy atom. The first-order valence-electron chi connectivity index (χ1n) is 7.51. The van der Waals surface area contributed by atoms with Crippen LogP contribution in [0, 0.1) is 23.7 Å². The molecular formula is C20H15BrN2O3. The summed E-state index contributed by atoms with van der Waals surface area (Å²) in [5, 5.41) is 12.1. The Morgan fingerprint density at radius 2 is 2.08 bits per heavy atom. The highest BCUT2D eigenvalue weighted by Gasteiger charge is 2.15. The second-order valence-corrected chi connectivity index (χ2v) is 5.92. The molecule has 0 aromatic heterocycles. The molecule has 0 saturated carbocycles. The molecule has 0 spiro atoms. The van der Waals surface area contributed by atoms with Crippen molar-refractivity contribution < 1.29 is 14.3 Å². The van der Waals surface area contributed by atoms with E-state index in [1.54, 1.807) is 36.4 Å². The summed E-state index contributed by atoms with van der Waals surface area (Å²) in [6, 6.07) is 14.2. The van der Waals surface area contributed by atoms with Gasteiger partial charge in [0.1, 0.15) is 18.2 Å². The van der Waals surface area contributed by atoms with E-state index < -0.39 is 5.91 Å². The van der Waals surface area contributed by atoms with Crippen LogP contribution in [-0.4, -0.2) is 19.6 Å². The number of carbonyl (C=O) groups is 1. The maximum absolute atomic E-state index is 12.4. The molecule has 26 heavy (non-hydrogen) atoms. The molecule has 0 radical (unpaired) electrons. The average Bonchev–Trinajstić information content (AvgIpc) is 2.65. The molecule has 0 aliphatic carbocycles. The molecule has 130 valence electrons. The molecule has 2 aromatic carbocycles. The lowest BCUT2D eigenvalue weighted by atomic mass is 10.1. The Bertz CT molecular complexity index is 909. The second kappa shape index (κ2) is 9.31. The Kier molecular flexibility index (Phi) is 6.84. The minimum absolute atomic E-state index is 0.0247. The number of methoxy groups -OCH3 is 1. The molecule has 0 aliphatic rings. The number of amides is 1. The Labute approximate surface area is 160 Å². The Hall–Kier alpha value is -3.22. The molecule has 0 saturated heterocycles. The van der Waals surface area contributed by atoms with E-state index in [-0.39, 0.29) is 12.2 Å². The summed E-state index contributed by atoms with van der Waals surface area (Å²) in [5.74, 6) is 2.64. The fraction of sp³-hybridized carbons (Fsp3) is 0.100. The monoisotopic (exact) mass is 410 g/mol. The van der Waals surface area contributed by atoms with Crippen LogP contribution in [-0.2, 0) is 4.79 Å². The lowest BCUT2D eigenvalue weighted by Crippen LogP contribution is -2.13. The van der Waals surface area contributed by atoms with Gasteiger partial charge < -0.3 is 14.8 Å². The summed E-state index contributed by atoms with van der Waals surface area (Å²) in [6.07, 6.45) is 6.68. The molecule has 0 atom stereocenters. The highest BCUT2D eigenvalue weighted by Crippen LogP contribution is 2.36. The van der Waals surface area contributed by atoms with Gasteiger partial charge in [-0.25, -0.2) is 0 Å². The summed E-state index contributed by atoms with van der Waals surface area (Å²) in [6.45, 7) is 0.0247. The lowest BCUT2D eigenvalue weighted by Gasteiger charge is -2.13. The molecule has 1 amide bonds. The number of nitriles is 1. The molecule has 0 aliphatic heterocycles. The number of carbonyl (C=O) groups excluding carboxylic acids is 1. The van der Waals surface area contributed by atoms with Gasteiger partial charge in [0.05, 0.1) is 7.11 Å². The van der Waals surface area contributed by atoms with Crippen molar-refractivity contribution in [2.45, 2.75) is 0 Å². The Balaban J connectivity index is 2.41. The summed E-state index contributed by atoms with van der Waals surface area (Å²) < 4.78 is 11.5. The van der Waals surface area contributed by atoms with E-state index in [9.17, 15) is 10.1 Å². The van der Waals surface area contributed by atoms with Gasteiger partial charge in [0.2, 0.25) is 0 Å². The van der Waals surface area contributed by atoms with E-state index in [0.717, 1.165) is 0 Å². The molecule has 0 heterocycles. The number of anilines is 1. The van der Waals surface area contributed by atoms with Crippen molar-refractivity contribution in [2.24, 2.45) is 0 Å².